The van der Waals surface area contributed by atoms with Crippen molar-refractivity contribution < 1.29 is 14.2 Å². The molecule has 0 spiro atoms. The molecule has 7 heteroatoms. The first-order valence-corrected chi connectivity index (χ1v) is 4.46. The highest BCUT2D eigenvalue weighted by Gasteiger charge is 2.01. The Morgan fingerprint density at radius 3 is 1.22 bits per heavy atom. The fraction of sp³-hybridized carbons (Fsp3) is 0. The summed E-state index contributed by atoms with van der Waals surface area (Å²) in [6, 6.07) is 0. The van der Waals surface area contributed by atoms with Crippen LogP contribution in [0.3, 0.4) is 0 Å². The van der Waals surface area contributed by atoms with Gasteiger partial charge in [0.25, 0.3) is 0 Å². The summed E-state index contributed by atoms with van der Waals surface area (Å²) in [7, 11) is -1.03. The van der Waals surface area contributed by atoms with Crippen LogP contribution in [0.25, 0.3) is 0 Å². The van der Waals surface area contributed by atoms with Crippen molar-refractivity contribution in [2.75, 3.05) is 0 Å². The molecule has 0 aromatic heterocycles. The Kier molecular flexibility index (Phi) is 11.4. The summed E-state index contributed by atoms with van der Waals surface area (Å²) in [6.07, 6.45) is 0. The summed E-state index contributed by atoms with van der Waals surface area (Å²) >= 11 is 13.5. The molecule has 0 aliphatic carbocycles. The van der Waals surface area contributed by atoms with E-state index in [0.717, 1.165) is 0 Å². The fourth-order valence-electron chi connectivity index (χ4n) is 0. The van der Waals surface area contributed by atoms with Gasteiger partial charge in [0.1, 0.15) is 7.81 Å². The van der Waals surface area contributed by atoms with E-state index in [-0.39, 0.29) is 0 Å². The molecule has 0 bridgehead atoms. The number of hydrogen-bond acceptors (Lipinski definition) is 3. The van der Waals surface area contributed by atoms with E-state index < -0.39 is 18.3 Å². The number of hydrogen-bond donors (Lipinski definition) is 0. The molecule has 0 aliphatic rings. The third-order valence-corrected chi connectivity index (χ3v) is 0.595. The lowest BCUT2D eigenvalue weighted by atomic mass is 10.9. The number of rotatable bonds is 1. The Hall–Kier alpha value is 0.440. The molecule has 0 radical (unpaired) electrons. The van der Waals surface area contributed by atoms with Gasteiger partial charge in [0.2, 0.25) is 0 Å². The van der Waals surface area contributed by atoms with Crippen LogP contribution >= 0.6 is 42.3 Å². The first-order chi connectivity index (χ1) is 4.06. The summed E-state index contributed by atoms with van der Waals surface area (Å²) in [4.78, 5) is 18.9. The minimum atomic E-state index is -1.14. The zero-order chi connectivity index (χ0) is 7.86. The average Bonchev–Trinajstić information content (AvgIpc) is 1.68. The largest absolute Gasteiger partial charge is 0.313 e. The van der Waals surface area contributed by atoms with Crippen molar-refractivity contribution in [2.45, 2.75) is 0 Å². The molecule has 54 valence electrons. The molecule has 0 saturated carbocycles. The Morgan fingerprint density at radius 1 is 1.11 bits per heavy atom. The van der Waals surface area contributed by atoms with Crippen LogP contribution < -0.4 is 0 Å². The van der Waals surface area contributed by atoms with Gasteiger partial charge in [-0.25, -0.2) is 0 Å². The maximum Gasteiger partial charge on any atom is 0.304 e. The fourth-order valence-corrected chi connectivity index (χ4v) is 0. The van der Waals surface area contributed by atoms with Gasteiger partial charge in [-0.05, 0) is 23.2 Å². The molecule has 0 heterocycles. The van der Waals surface area contributed by atoms with Gasteiger partial charge in [-0.15, -0.1) is 0 Å². The van der Waals surface area contributed by atoms with E-state index >= 15 is 0 Å². The number of halogens is 3. The van der Waals surface area contributed by atoms with Crippen LogP contribution in [0.15, 0.2) is 0 Å². The zero-order valence-electron chi connectivity index (χ0n) is 3.94. The highest BCUT2D eigenvalue weighted by Crippen LogP contribution is 1.92. The van der Waals surface area contributed by atoms with Crippen molar-refractivity contribution in [3.8, 4) is 0 Å². The molecular weight excluding hydrogens is 209 g/mol. The Labute approximate surface area is 67.3 Å². The second-order valence-electron chi connectivity index (χ2n) is 0.636. The smallest absolute Gasteiger partial charge is 0.304 e. The Balaban J connectivity index is 0. The van der Waals surface area contributed by atoms with Gasteiger partial charge in [0, 0.05) is 0 Å². The van der Waals surface area contributed by atoms with Crippen LogP contribution in [0.2, 0.25) is 0 Å². The molecule has 3 nitrogen and oxygen atoms in total. The molecule has 1 atom stereocenters. The molecule has 9 heavy (non-hydrogen) atoms. The van der Waals surface area contributed by atoms with Crippen LogP contribution in [0.1, 0.15) is 0 Å². The van der Waals surface area contributed by atoms with E-state index in [9.17, 15) is 9.59 Å². The predicted octanol–water partition coefficient (Wildman–Crippen LogP) is 1.41. The lowest BCUT2D eigenvalue weighted by Crippen LogP contribution is -1.94. The lowest BCUT2D eigenvalue weighted by molar-refractivity contribution is -0.127. The topological polar surface area (TPSA) is 51.2 Å². The van der Waals surface area contributed by atoms with Crippen molar-refractivity contribution in [3.05, 3.63) is 0 Å². The van der Waals surface area contributed by atoms with E-state index in [2.05, 4.69) is 34.4 Å². The van der Waals surface area contributed by atoms with E-state index in [1.807, 2.05) is 0 Å². The zero-order valence-corrected chi connectivity index (χ0v) is 7.36. The van der Waals surface area contributed by atoms with Crippen molar-refractivity contribution >= 4 is 52.7 Å². The normalized spacial score (nSPS) is 8.33. The first kappa shape index (κ1) is 12.1. The Morgan fingerprint density at radius 2 is 1.22 bits per heavy atom. The Bertz CT molecular complexity index is 112. The maximum absolute atomic E-state index is 9.43. The minimum Gasteiger partial charge on any atom is -0.313 e. The summed E-state index contributed by atoms with van der Waals surface area (Å²) in [6.45, 7) is 0. The van der Waals surface area contributed by atoms with Gasteiger partial charge in [0.05, 0.1) is 0 Å². The average molecular weight is 211 g/mol. The molecule has 0 saturated heterocycles. The predicted molar refractivity (Wildman–Crippen MR) is 38.0 cm³/mol. The van der Waals surface area contributed by atoms with E-state index in [4.69, 9.17) is 4.57 Å². The molecule has 0 N–H and O–H groups in total. The van der Waals surface area contributed by atoms with Gasteiger partial charge in [-0.2, -0.15) is 0 Å². The minimum absolute atomic E-state index is 1.03. The second kappa shape index (κ2) is 8.44. The van der Waals surface area contributed by atoms with E-state index in [1.165, 1.54) is 0 Å². The molecule has 0 rings (SSSR count). The number of carbonyl (C=O) groups excluding carboxylic acids is 2. The molecule has 0 aliphatic heterocycles. The van der Waals surface area contributed by atoms with Crippen molar-refractivity contribution in [2.24, 2.45) is 0 Å². The van der Waals surface area contributed by atoms with Gasteiger partial charge in [-0.1, -0.05) is 11.2 Å². The van der Waals surface area contributed by atoms with E-state index in [1.54, 1.807) is 0 Å². The van der Waals surface area contributed by atoms with Crippen LogP contribution in [-0.2, 0) is 14.2 Å². The van der Waals surface area contributed by atoms with Crippen LogP contribution in [0, 0.1) is 0 Å². The molecule has 0 amide bonds. The highest BCUT2D eigenvalue weighted by molar-refractivity contribution is 7.57. The van der Waals surface area contributed by atoms with Crippen LogP contribution in [-0.4, -0.2) is 10.5 Å². The summed E-state index contributed by atoms with van der Waals surface area (Å²) < 4.78 is 8.78. The molecule has 0 fully saturated rings. The van der Waals surface area contributed by atoms with Crippen molar-refractivity contribution in [1.82, 2.24) is 0 Å². The maximum atomic E-state index is 9.43. The van der Waals surface area contributed by atoms with Crippen LogP contribution in [0.5, 0.6) is 0 Å². The third-order valence-electron chi connectivity index (χ3n) is 0.155. The van der Waals surface area contributed by atoms with Gasteiger partial charge >= 0.3 is 10.5 Å². The van der Waals surface area contributed by atoms with Gasteiger partial charge in [-0.3, -0.25) is 9.59 Å². The number of carbonyl (C=O) groups is 2. The quantitative estimate of drug-likeness (QED) is 0.374. The monoisotopic (exact) mass is 210 g/mol. The van der Waals surface area contributed by atoms with Gasteiger partial charge < -0.3 is 4.57 Å². The second-order valence-corrected chi connectivity index (χ2v) is 2.04. The van der Waals surface area contributed by atoms with Crippen LogP contribution in [0.4, 0.5) is 0 Å². The summed E-state index contributed by atoms with van der Waals surface area (Å²) in [5, 5.41) is -2.28. The standard InChI is InChI=1S/C2Cl2O2.ClH2OP/c3-1(5)2(4)6;1-3-2/h;3H2. The van der Waals surface area contributed by atoms with Crippen molar-refractivity contribution in [1.29, 1.82) is 0 Å². The SMILES string of the molecule is O=C(Cl)C(=O)Cl.O=[PH2]Cl. The first-order valence-electron chi connectivity index (χ1n) is 1.49. The molecule has 0 aromatic rings. The summed E-state index contributed by atoms with van der Waals surface area (Å²) in [5.41, 5.74) is 0. The third kappa shape index (κ3) is 17.8. The van der Waals surface area contributed by atoms with Gasteiger partial charge in [0.15, 0.2) is 0 Å². The highest BCUT2D eigenvalue weighted by atomic mass is 35.7. The summed E-state index contributed by atoms with van der Waals surface area (Å²) in [5.74, 6) is 0. The molecule has 0 aromatic carbocycles. The molecular formula is C2H2Cl3O3P. The van der Waals surface area contributed by atoms with E-state index in [0.29, 0.717) is 0 Å². The van der Waals surface area contributed by atoms with Crippen molar-refractivity contribution in [3.63, 3.8) is 0 Å². The molecule has 1 unspecified atom stereocenters. The lowest BCUT2D eigenvalue weighted by Gasteiger charge is -1.67.